The molecule has 1 aromatic heterocycles. The van der Waals surface area contributed by atoms with Gasteiger partial charge in [0.1, 0.15) is 12.1 Å². The summed E-state index contributed by atoms with van der Waals surface area (Å²) >= 11 is 3.66. The van der Waals surface area contributed by atoms with Crippen LogP contribution in [0.4, 0.5) is 11.4 Å². The molecular formula is C42H62Cl2CuN4O. The molecule has 1 saturated heterocycles. The van der Waals surface area contributed by atoms with Gasteiger partial charge in [0.15, 0.2) is 11.0 Å². The number of ether oxygens (including phenoxy) is 1. The fourth-order valence-corrected chi connectivity index (χ4v) is 9.43. The largest absolute Gasteiger partial charge is 0.499 e. The third-order valence-corrected chi connectivity index (χ3v) is 12.1. The van der Waals surface area contributed by atoms with E-state index in [1.807, 2.05) is 0 Å². The van der Waals surface area contributed by atoms with E-state index in [9.17, 15) is 0 Å². The Hall–Kier alpha value is -1.43. The molecule has 50 heavy (non-hydrogen) atoms. The number of halogens is 2. The molecule has 0 atom stereocenters. The topological polar surface area (TPSA) is 24.5 Å². The number of benzene rings is 2. The van der Waals surface area contributed by atoms with E-state index in [1.165, 1.54) is 164 Å². The number of anilines is 2. The maximum absolute atomic E-state index is 4.94. The van der Waals surface area contributed by atoms with Gasteiger partial charge in [0.25, 0.3) is 0 Å². The Morgan fingerprint density at radius 2 is 1.00 bits per heavy atom. The Labute approximate surface area is 322 Å². The van der Waals surface area contributed by atoms with Crippen LogP contribution in [-0.4, -0.2) is 29.9 Å². The van der Waals surface area contributed by atoms with Gasteiger partial charge in [0.2, 0.25) is 6.33 Å². The predicted molar refractivity (Wildman–Crippen MR) is 202 cm³/mol. The molecule has 0 bridgehead atoms. The average molecular weight is 773 g/mol. The van der Waals surface area contributed by atoms with E-state index in [0.717, 1.165) is 37.4 Å². The van der Waals surface area contributed by atoms with Crippen LogP contribution in [0, 0.1) is 6.67 Å². The van der Waals surface area contributed by atoms with Gasteiger partial charge in [-0.25, -0.2) is 9.13 Å². The minimum Gasteiger partial charge on any atom is -0.499 e. The molecule has 9 rings (SSSR count). The average Bonchev–Trinajstić information content (AvgIpc) is 3.98. The molecule has 5 fully saturated rings. The van der Waals surface area contributed by atoms with Crippen molar-refractivity contribution >= 4 is 32.5 Å². The van der Waals surface area contributed by atoms with Crippen molar-refractivity contribution in [3.05, 3.63) is 61.5 Å². The van der Waals surface area contributed by atoms with E-state index in [2.05, 4.69) is 106 Å². The minimum atomic E-state index is 0. The molecule has 4 aliphatic carbocycles. The Kier molecular flexibility index (Phi) is 17.0. The quantitative estimate of drug-likeness (QED) is 0.151. The number of fused-ring (bicyclic) bond motifs is 2. The molecule has 0 amide bonds. The zero-order chi connectivity index (χ0) is 33.7. The van der Waals surface area contributed by atoms with Crippen molar-refractivity contribution in [2.24, 2.45) is 0 Å². The van der Waals surface area contributed by atoms with E-state index < -0.39 is 0 Å². The number of imidazole rings is 1. The predicted octanol–water partition coefficient (Wildman–Crippen LogP) is 8.52. The van der Waals surface area contributed by atoms with Gasteiger partial charge in [-0.2, -0.15) is 6.67 Å². The van der Waals surface area contributed by atoms with E-state index in [4.69, 9.17) is 4.74 Å². The second-order valence-electron chi connectivity index (χ2n) is 15.3. The smallest absolute Gasteiger partial charge is 0.245 e. The van der Waals surface area contributed by atoms with Gasteiger partial charge in [-0.1, -0.05) is 75.6 Å². The molecule has 281 valence electrons. The summed E-state index contributed by atoms with van der Waals surface area (Å²) in [5.74, 6) is 0. The van der Waals surface area contributed by atoms with Crippen LogP contribution in [0.5, 0.6) is 0 Å². The summed E-state index contributed by atoms with van der Waals surface area (Å²) in [7, 11) is 4.20. The van der Waals surface area contributed by atoms with Crippen molar-refractivity contribution in [1.29, 1.82) is 0 Å². The number of nitrogens with zero attached hydrogens (tertiary/aromatic N) is 4. The van der Waals surface area contributed by atoms with Gasteiger partial charge >= 0.3 is 25.2 Å². The van der Waals surface area contributed by atoms with Crippen molar-refractivity contribution < 1.29 is 36.8 Å². The molecule has 0 N–H and O–H groups in total. The minimum absolute atomic E-state index is 0. The number of rotatable bonds is 4. The number of aromatic nitrogens is 2. The summed E-state index contributed by atoms with van der Waals surface area (Å²) in [6.45, 7) is 4.46. The number of hydrogen-bond acceptors (Lipinski definition) is 3. The first-order valence-corrected chi connectivity index (χ1v) is 21.4. The molecule has 8 heteroatoms. The first-order valence-electron chi connectivity index (χ1n) is 20.1. The Bertz CT molecular complexity index is 1270. The van der Waals surface area contributed by atoms with Gasteiger partial charge in [-0.15, -0.1) is 0 Å². The van der Waals surface area contributed by atoms with Crippen molar-refractivity contribution in [2.45, 2.75) is 165 Å². The number of para-hydroxylation sites is 4. The molecule has 2 aliphatic heterocycles. The summed E-state index contributed by atoms with van der Waals surface area (Å²) < 4.78 is 10.1. The van der Waals surface area contributed by atoms with Crippen molar-refractivity contribution in [1.82, 2.24) is 4.57 Å². The fraction of sp³-hybridized carbons (Fsp3) is 0.667. The van der Waals surface area contributed by atoms with Crippen molar-refractivity contribution in [3.8, 4) is 0 Å². The van der Waals surface area contributed by atoms with E-state index in [0.29, 0.717) is 0 Å². The van der Waals surface area contributed by atoms with Gasteiger partial charge < -0.3 is 26.9 Å². The van der Waals surface area contributed by atoms with Crippen molar-refractivity contribution in [2.75, 3.05) is 23.0 Å². The molecule has 4 saturated carbocycles. The second kappa shape index (κ2) is 21.3. The zero-order valence-corrected chi connectivity index (χ0v) is 32.8. The third kappa shape index (κ3) is 10.2. The first-order chi connectivity index (χ1) is 24.4. The molecule has 6 aliphatic rings. The van der Waals surface area contributed by atoms with Gasteiger partial charge in [-0.05, 0) is 114 Å². The summed E-state index contributed by atoms with van der Waals surface area (Å²) in [4.78, 5) is 5.20. The molecule has 0 unspecified atom stereocenters. The van der Waals surface area contributed by atoms with Crippen LogP contribution in [0.15, 0.2) is 54.9 Å². The first kappa shape index (κ1) is 39.8. The fourth-order valence-electron chi connectivity index (χ4n) is 9.43. The van der Waals surface area contributed by atoms with Crippen LogP contribution in [0.1, 0.15) is 153 Å². The Morgan fingerprint density at radius 1 is 0.560 bits per heavy atom. The summed E-state index contributed by atoms with van der Waals surface area (Å²) in [6, 6.07) is 21.0. The Morgan fingerprint density at radius 3 is 1.48 bits per heavy atom. The van der Waals surface area contributed by atoms with E-state index >= 15 is 0 Å². The molecule has 5 nitrogen and oxygen atoms in total. The van der Waals surface area contributed by atoms with Crippen LogP contribution < -0.4 is 26.8 Å². The molecular weight excluding hydrogens is 711 g/mol. The van der Waals surface area contributed by atoms with Crippen molar-refractivity contribution in [3.63, 3.8) is 0 Å². The maximum atomic E-state index is 4.94. The van der Waals surface area contributed by atoms with Crippen LogP contribution in [0.2, 0.25) is 0 Å². The zero-order valence-electron chi connectivity index (χ0n) is 30.3. The molecule has 3 heterocycles. The summed E-state index contributed by atoms with van der Waals surface area (Å²) in [5.41, 5.74) is 5.81. The molecule has 2 aromatic carbocycles. The van der Waals surface area contributed by atoms with Crippen LogP contribution in [0.3, 0.4) is 0 Å². The molecule has 3 aromatic rings. The standard InChI is InChI=1S/2C19H27N2.C4H8O.2ClH.Cu/c2*1-3-9-16(10-4-1)20-15-21(17-11-5-2-6-12-17)19-14-8-7-13-18(19)20;1-2-4-5-3-1;;;/h2*7-8,13-17H,1-6,9-12H2;1-4H2;2*1H;/q-1;+1;;;;+2/p-2. The summed E-state index contributed by atoms with van der Waals surface area (Å²) in [5, 5.41) is 0. The monoisotopic (exact) mass is 771 g/mol. The van der Waals surface area contributed by atoms with Gasteiger partial charge in [0, 0.05) is 36.7 Å². The van der Waals surface area contributed by atoms with Gasteiger partial charge in [0.05, 0.1) is 0 Å². The van der Waals surface area contributed by atoms with Crippen LogP contribution in [-0.2, 0) is 19.8 Å². The Balaban J connectivity index is 0.000000161. The summed E-state index contributed by atoms with van der Waals surface area (Å²) in [6.07, 6.45) is 32.9. The number of hydrogen-bond donors (Lipinski definition) is 0. The molecule has 0 radical (unpaired) electrons. The molecule has 0 spiro atoms. The maximum Gasteiger partial charge on any atom is 0.245 e. The van der Waals surface area contributed by atoms with E-state index in [-0.39, 0.29) is 12.4 Å². The van der Waals surface area contributed by atoms with Crippen LogP contribution in [0.25, 0.3) is 11.0 Å². The van der Waals surface area contributed by atoms with Crippen LogP contribution >= 0.6 is 10.1 Å². The third-order valence-electron chi connectivity index (χ3n) is 12.1. The second-order valence-corrected chi connectivity index (χ2v) is 15.3. The normalized spacial score (nSPS) is 22.0. The van der Waals surface area contributed by atoms with E-state index in [1.54, 1.807) is 0 Å². The van der Waals surface area contributed by atoms with Gasteiger partial charge in [-0.3, -0.25) is 0 Å². The SMILES string of the molecule is C1CCOC1.[Cl-].[Cl][Cu+].c1ccc2c(c1)N(C1CCCCC1)[CH-]N2C1CCCCC1.c1ccc2c(c1)n(C1CCCCC1)c[n+]2C1CCCCC1.